The highest BCUT2D eigenvalue weighted by Gasteiger charge is 2.07. The van der Waals surface area contributed by atoms with E-state index in [1.165, 1.54) is 12.4 Å². The van der Waals surface area contributed by atoms with Crippen molar-refractivity contribution in [2.75, 3.05) is 0 Å². The van der Waals surface area contributed by atoms with Gasteiger partial charge in [-0.05, 0) is 0 Å². The Morgan fingerprint density at radius 1 is 1.46 bits per heavy atom. The van der Waals surface area contributed by atoms with E-state index in [0.717, 1.165) is 0 Å². The number of carbonyl (C=O) groups is 1. The number of fused-ring (bicyclic) bond motifs is 1. The van der Waals surface area contributed by atoms with Gasteiger partial charge in [-0.15, -0.1) is 12.4 Å². The standard InChI is InChI=1S/C6H4N4O2.ClH/c11-6(12)5-7-1-4-3(9-5)2-8-10-4;/h1-2H,(H,8,10)(H,11,12);1H. The molecule has 0 atom stereocenters. The van der Waals surface area contributed by atoms with Gasteiger partial charge in [0.1, 0.15) is 11.0 Å². The van der Waals surface area contributed by atoms with Crippen LogP contribution >= 0.6 is 12.4 Å². The van der Waals surface area contributed by atoms with Gasteiger partial charge >= 0.3 is 5.97 Å². The Balaban J connectivity index is 0.000000845. The third-order valence-corrected chi connectivity index (χ3v) is 1.38. The van der Waals surface area contributed by atoms with Crippen molar-refractivity contribution < 1.29 is 9.90 Å². The Kier molecular flexibility index (Phi) is 2.43. The number of hydrogen-bond donors (Lipinski definition) is 2. The van der Waals surface area contributed by atoms with Gasteiger partial charge in [0.2, 0.25) is 5.82 Å². The lowest BCUT2D eigenvalue weighted by Gasteiger charge is -1.90. The van der Waals surface area contributed by atoms with Gasteiger partial charge in [-0.1, -0.05) is 0 Å². The SMILES string of the molecule is Cl.O=C(O)c1ncc2[nH]ncc2n1. The highest BCUT2D eigenvalue weighted by Crippen LogP contribution is 2.04. The first-order valence-electron chi connectivity index (χ1n) is 3.17. The van der Waals surface area contributed by atoms with E-state index >= 15 is 0 Å². The molecular weight excluding hydrogens is 196 g/mol. The highest BCUT2D eigenvalue weighted by molar-refractivity contribution is 5.86. The molecule has 0 aliphatic heterocycles. The molecule has 0 spiro atoms. The van der Waals surface area contributed by atoms with Gasteiger partial charge in [0.25, 0.3) is 0 Å². The van der Waals surface area contributed by atoms with Gasteiger partial charge in [0.05, 0.1) is 12.4 Å². The number of nitrogens with one attached hydrogen (secondary N) is 1. The van der Waals surface area contributed by atoms with Crippen LogP contribution in [0.5, 0.6) is 0 Å². The first-order valence-corrected chi connectivity index (χ1v) is 3.17. The fourth-order valence-corrected chi connectivity index (χ4v) is 0.846. The van der Waals surface area contributed by atoms with Gasteiger partial charge in [0, 0.05) is 0 Å². The smallest absolute Gasteiger partial charge is 0.373 e. The number of rotatable bonds is 1. The van der Waals surface area contributed by atoms with Gasteiger partial charge in [-0.25, -0.2) is 14.8 Å². The van der Waals surface area contributed by atoms with E-state index in [2.05, 4.69) is 20.2 Å². The summed E-state index contributed by atoms with van der Waals surface area (Å²) in [6.07, 6.45) is 2.84. The monoisotopic (exact) mass is 200 g/mol. The molecule has 0 radical (unpaired) electrons. The molecule has 0 bridgehead atoms. The van der Waals surface area contributed by atoms with Gasteiger partial charge in [-0.3, -0.25) is 5.10 Å². The Bertz CT molecular complexity index is 441. The molecule has 0 aromatic carbocycles. The number of aromatic nitrogens is 4. The molecule has 0 saturated carbocycles. The molecule has 0 amide bonds. The zero-order valence-corrected chi connectivity index (χ0v) is 7.08. The molecule has 0 aliphatic carbocycles. The minimum absolute atomic E-state index is 0. The lowest BCUT2D eigenvalue weighted by molar-refractivity contribution is 0.0684. The highest BCUT2D eigenvalue weighted by atomic mass is 35.5. The van der Waals surface area contributed by atoms with Gasteiger partial charge in [0.15, 0.2) is 0 Å². The molecule has 0 fully saturated rings. The van der Waals surface area contributed by atoms with Crippen LogP contribution in [0.1, 0.15) is 10.6 Å². The molecule has 2 heterocycles. The van der Waals surface area contributed by atoms with E-state index in [4.69, 9.17) is 5.11 Å². The van der Waals surface area contributed by atoms with Gasteiger partial charge < -0.3 is 5.11 Å². The second-order valence-corrected chi connectivity index (χ2v) is 2.17. The lowest BCUT2D eigenvalue weighted by atomic mass is 10.4. The van der Waals surface area contributed by atoms with Crippen molar-refractivity contribution in [2.45, 2.75) is 0 Å². The van der Waals surface area contributed by atoms with E-state index in [-0.39, 0.29) is 18.2 Å². The average molecular weight is 201 g/mol. The second kappa shape index (κ2) is 3.36. The van der Waals surface area contributed by atoms with E-state index in [0.29, 0.717) is 11.0 Å². The summed E-state index contributed by atoms with van der Waals surface area (Å²) >= 11 is 0. The van der Waals surface area contributed by atoms with E-state index in [1.54, 1.807) is 0 Å². The molecule has 2 rings (SSSR count). The summed E-state index contributed by atoms with van der Waals surface area (Å²) in [6, 6.07) is 0. The average Bonchev–Trinajstić information content (AvgIpc) is 2.49. The molecule has 0 unspecified atom stereocenters. The third-order valence-electron chi connectivity index (χ3n) is 1.38. The summed E-state index contributed by atoms with van der Waals surface area (Å²) in [6.45, 7) is 0. The molecular formula is C6H5ClN4O2. The van der Waals surface area contributed by atoms with Crippen LogP contribution in [-0.4, -0.2) is 31.2 Å². The van der Waals surface area contributed by atoms with Crippen molar-refractivity contribution in [3.63, 3.8) is 0 Å². The first kappa shape index (κ1) is 9.40. The summed E-state index contributed by atoms with van der Waals surface area (Å²) in [5.74, 6) is -1.36. The maximum absolute atomic E-state index is 10.4. The fourth-order valence-electron chi connectivity index (χ4n) is 0.846. The second-order valence-electron chi connectivity index (χ2n) is 2.17. The topological polar surface area (TPSA) is 91.8 Å². The third kappa shape index (κ3) is 1.57. The molecule has 13 heavy (non-hydrogen) atoms. The van der Waals surface area contributed by atoms with Crippen LogP contribution in [0.4, 0.5) is 0 Å². The Morgan fingerprint density at radius 3 is 2.92 bits per heavy atom. The number of nitrogens with zero attached hydrogens (tertiary/aromatic N) is 3. The zero-order valence-electron chi connectivity index (χ0n) is 6.26. The molecule has 2 aromatic rings. The number of aromatic amines is 1. The van der Waals surface area contributed by atoms with Gasteiger partial charge in [-0.2, -0.15) is 5.10 Å². The van der Waals surface area contributed by atoms with Crippen molar-refractivity contribution in [3.8, 4) is 0 Å². The van der Waals surface area contributed by atoms with Crippen LogP contribution in [0.3, 0.4) is 0 Å². The number of aromatic carboxylic acids is 1. The predicted octanol–water partition coefficient (Wildman–Crippen LogP) is 0.473. The number of hydrogen-bond acceptors (Lipinski definition) is 4. The molecule has 6 nitrogen and oxygen atoms in total. The van der Waals surface area contributed by atoms with E-state index in [9.17, 15) is 4.79 Å². The van der Waals surface area contributed by atoms with Crippen LogP contribution in [0, 0.1) is 0 Å². The molecule has 7 heteroatoms. The lowest BCUT2D eigenvalue weighted by Crippen LogP contribution is -2.02. The van der Waals surface area contributed by atoms with Crippen molar-refractivity contribution in [3.05, 3.63) is 18.2 Å². The molecule has 0 aliphatic rings. The van der Waals surface area contributed by atoms with Crippen LogP contribution in [0.25, 0.3) is 11.0 Å². The number of carboxylic acid groups (broad SMARTS) is 1. The number of carboxylic acids is 1. The number of H-pyrrole nitrogens is 1. The summed E-state index contributed by atoms with van der Waals surface area (Å²) in [7, 11) is 0. The summed E-state index contributed by atoms with van der Waals surface area (Å²) in [5, 5.41) is 14.8. The van der Waals surface area contributed by atoms with E-state index in [1.807, 2.05) is 0 Å². The largest absolute Gasteiger partial charge is 0.475 e. The fraction of sp³-hybridized carbons (Fsp3) is 0. The van der Waals surface area contributed by atoms with Crippen LogP contribution < -0.4 is 0 Å². The maximum Gasteiger partial charge on any atom is 0.373 e. The normalized spacial score (nSPS) is 9.54. The molecule has 2 N–H and O–H groups in total. The Morgan fingerprint density at radius 2 is 2.23 bits per heavy atom. The quantitative estimate of drug-likeness (QED) is 0.698. The maximum atomic E-state index is 10.4. The Hall–Kier alpha value is -1.69. The van der Waals surface area contributed by atoms with Crippen LogP contribution in [0.15, 0.2) is 12.4 Å². The summed E-state index contributed by atoms with van der Waals surface area (Å²) in [4.78, 5) is 17.7. The minimum atomic E-state index is -1.14. The van der Waals surface area contributed by atoms with Crippen molar-refractivity contribution in [1.82, 2.24) is 20.2 Å². The van der Waals surface area contributed by atoms with Crippen LogP contribution in [-0.2, 0) is 0 Å². The molecule has 0 saturated heterocycles. The summed E-state index contributed by atoms with van der Waals surface area (Å²) < 4.78 is 0. The zero-order chi connectivity index (χ0) is 8.55. The van der Waals surface area contributed by atoms with Crippen molar-refractivity contribution >= 4 is 29.4 Å². The number of halogens is 1. The summed E-state index contributed by atoms with van der Waals surface area (Å²) in [5.41, 5.74) is 1.13. The van der Waals surface area contributed by atoms with Crippen LogP contribution in [0.2, 0.25) is 0 Å². The van der Waals surface area contributed by atoms with E-state index < -0.39 is 5.97 Å². The Labute approximate surface area is 78.4 Å². The predicted molar refractivity (Wildman–Crippen MR) is 45.9 cm³/mol. The van der Waals surface area contributed by atoms with Crippen molar-refractivity contribution in [1.29, 1.82) is 0 Å². The van der Waals surface area contributed by atoms with Crippen molar-refractivity contribution in [2.24, 2.45) is 0 Å². The molecule has 2 aromatic heterocycles. The first-order chi connectivity index (χ1) is 5.77. The minimum Gasteiger partial charge on any atom is -0.475 e. The molecule has 68 valence electrons.